The summed E-state index contributed by atoms with van der Waals surface area (Å²) < 4.78 is 18.4. The highest BCUT2D eigenvalue weighted by Gasteiger charge is 2.18. The highest BCUT2D eigenvalue weighted by molar-refractivity contribution is 5.93. The summed E-state index contributed by atoms with van der Waals surface area (Å²) in [6.45, 7) is 1.62. The van der Waals surface area contributed by atoms with Crippen molar-refractivity contribution in [2.75, 3.05) is 0 Å². The Kier molecular flexibility index (Phi) is 3.84. The van der Waals surface area contributed by atoms with Crippen LogP contribution in [0.25, 0.3) is 0 Å². The van der Waals surface area contributed by atoms with E-state index in [4.69, 9.17) is 9.52 Å². The van der Waals surface area contributed by atoms with Crippen molar-refractivity contribution < 1.29 is 23.5 Å². The second-order valence-corrected chi connectivity index (χ2v) is 4.19. The summed E-state index contributed by atoms with van der Waals surface area (Å²) >= 11 is 0. The lowest BCUT2D eigenvalue weighted by molar-refractivity contribution is 0.0659. The summed E-state index contributed by atoms with van der Waals surface area (Å²) in [5.74, 6) is -2.75. The Balaban J connectivity index is 2.11. The van der Waals surface area contributed by atoms with Gasteiger partial charge < -0.3 is 14.8 Å². The number of rotatable bonds is 4. The molecule has 0 aliphatic rings. The maximum absolute atomic E-state index is 13.6. The number of benzene rings is 1. The molecule has 0 fully saturated rings. The molecule has 1 heterocycles. The summed E-state index contributed by atoms with van der Waals surface area (Å²) in [5.41, 5.74) is 0.339. The highest BCUT2D eigenvalue weighted by Crippen LogP contribution is 2.17. The van der Waals surface area contributed by atoms with Crippen LogP contribution in [0.15, 0.2) is 40.8 Å². The normalized spacial score (nSPS) is 11.9. The number of hydrogen-bond donors (Lipinski definition) is 2. The second kappa shape index (κ2) is 5.56. The lowest BCUT2D eigenvalue weighted by Crippen LogP contribution is -2.26. The zero-order chi connectivity index (χ0) is 14.7. The van der Waals surface area contributed by atoms with Crippen LogP contribution in [-0.2, 0) is 0 Å². The third-order valence-electron chi connectivity index (χ3n) is 2.76. The minimum Gasteiger partial charge on any atom is -0.475 e. The monoisotopic (exact) mass is 277 g/mol. The van der Waals surface area contributed by atoms with E-state index >= 15 is 0 Å². The van der Waals surface area contributed by atoms with Gasteiger partial charge in [0.15, 0.2) is 5.76 Å². The first-order valence-electron chi connectivity index (χ1n) is 5.87. The molecule has 1 unspecified atom stereocenters. The van der Waals surface area contributed by atoms with Crippen LogP contribution in [0.2, 0.25) is 0 Å². The van der Waals surface area contributed by atoms with Crippen molar-refractivity contribution in [2.45, 2.75) is 13.0 Å². The predicted octanol–water partition coefficient (Wildman–Crippen LogP) is 2.61. The Morgan fingerprint density at radius 3 is 2.45 bits per heavy atom. The average Bonchev–Trinajstić information content (AvgIpc) is 2.88. The quantitative estimate of drug-likeness (QED) is 0.900. The van der Waals surface area contributed by atoms with Crippen LogP contribution >= 0.6 is 0 Å². The molecule has 0 bridgehead atoms. The SMILES string of the molecule is CC(NC(=O)c1ccc(C(=O)O)o1)c1ccccc1F. The molecule has 0 saturated carbocycles. The van der Waals surface area contributed by atoms with Crippen LogP contribution in [0.4, 0.5) is 4.39 Å². The third kappa shape index (κ3) is 2.85. The summed E-state index contributed by atoms with van der Waals surface area (Å²) in [4.78, 5) is 22.5. The van der Waals surface area contributed by atoms with Gasteiger partial charge in [0.2, 0.25) is 5.76 Å². The van der Waals surface area contributed by atoms with Crippen molar-refractivity contribution in [3.05, 3.63) is 59.3 Å². The van der Waals surface area contributed by atoms with Gasteiger partial charge >= 0.3 is 5.97 Å². The molecule has 0 aliphatic heterocycles. The lowest BCUT2D eigenvalue weighted by atomic mass is 10.1. The lowest BCUT2D eigenvalue weighted by Gasteiger charge is -2.13. The molecule has 0 saturated heterocycles. The average molecular weight is 277 g/mol. The fourth-order valence-corrected chi connectivity index (χ4v) is 1.75. The summed E-state index contributed by atoms with van der Waals surface area (Å²) in [6, 6.07) is 7.95. The summed E-state index contributed by atoms with van der Waals surface area (Å²) in [7, 11) is 0. The van der Waals surface area contributed by atoms with Gasteiger partial charge in [-0.1, -0.05) is 18.2 Å². The molecular formula is C14H12FNO4. The molecule has 104 valence electrons. The third-order valence-corrected chi connectivity index (χ3v) is 2.76. The molecule has 1 aromatic heterocycles. The van der Waals surface area contributed by atoms with E-state index in [-0.39, 0.29) is 11.5 Å². The Bertz CT molecular complexity index is 650. The standard InChI is InChI=1S/C14H12FNO4/c1-8(9-4-2-3-5-10(9)15)16-13(17)11-6-7-12(20-11)14(18)19/h2-8H,1H3,(H,16,17)(H,18,19). The molecule has 20 heavy (non-hydrogen) atoms. The molecule has 0 spiro atoms. The van der Waals surface area contributed by atoms with Gasteiger partial charge in [-0.15, -0.1) is 0 Å². The molecule has 2 N–H and O–H groups in total. The first-order valence-corrected chi connectivity index (χ1v) is 5.87. The van der Waals surface area contributed by atoms with E-state index < -0.39 is 23.7 Å². The fraction of sp³-hybridized carbons (Fsp3) is 0.143. The van der Waals surface area contributed by atoms with Gasteiger partial charge in [-0.25, -0.2) is 9.18 Å². The first kappa shape index (κ1) is 13.8. The van der Waals surface area contributed by atoms with Gasteiger partial charge in [0.25, 0.3) is 5.91 Å². The van der Waals surface area contributed by atoms with Gasteiger partial charge in [-0.2, -0.15) is 0 Å². The smallest absolute Gasteiger partial charge is 0.371 e. The minimum absolute atomic E-state index is 0.134. The number of halogens is 1. The number of carbonyl (C=O) groups excluding carboxylic acids is 1. The van der Waals surface area contributed by atoms with E-state index in [9.17, 15) is 14.0 Å². The molecule has 1 atom stereocenters. The maximum Gasteiger partial charge on any atom is 0.371 e. The number of carbonyl (C=O) groups is 2. The van der Waals surface area contributed by atoms with E-state index in [1.165, 1.54) is 18.2 Å². The van der Waals surface area contributed by atoms with Gasteiger partial charge in [0.1, 0.15) is 5.82 Å². The highest BCUT2D eigenvalue weighted by atomic mass is 19.1. The summed E-state index contributed by atoms with van der Waals surface area (Å²) in [5, 5.41) is 11.2. The van der Waals surface area contributed by atoms with Crippen molar-refractivity contribution in [2.24, 2.45) is 0 Å². The van der Waals surface area contributed by atoms with Gasteiger partial charge in [-0.05, 0) is 25.1 Å². The zero-order valence-electron chi connectivity index (χ0n) is 10.6. The van der Waals surface area contributed by atoms with Crippen LogP contribution in [0, 0.1) is 5.82 Å². The number of hydrogen-bond acceptors (Lipinski definition) is 3. The van der Waals surface area contributed by atoms with Crippen LogP contribution < -0.4 is 5.32 Å². The van der Waals surface area contributed by atoms with Crippen LogP contribution in [0.1, 0.15) is 39.6 Å². The van der Waals surface area contributed by atoms with Gasteiger partial charge in [-0.3, -0.25) is 4.79 Å². The van der Waals surface area contributed by atoms with Crippen molar-refractivity contribution in [1.82, 2.24) is 5.32 Å². The van der Waals surface area contributed by atoms with E-state index in [0.29, 0.717) is 5.56 Å². The van der Waals surface area contributed by atoms with Gasteiger partial charge in [0, 0.05) is 5.56 Å². The number of aromatic carboxylic acids is 1. The van der Waals surface area contributed by atoms with Crippen molar-refractivity contribution in [3.63, 3.8) is 0 Å². The van der Waals surface area contributed by atoms with Gasteiger partial charge in [0.05, 0.1) is 6.04 Å². The molecule has 0 aliphatic carbocycles. The molecule has 5 nitrogen and oxygen atoms in total. The molecule has 2 rings (SSSR count). The van der Waals surface area contributed by atoms with E-state index in [1.54, 1.807) is 25.1 Å². The number of carboxylic acid groups (broad SMARTS) is 1. The van der Waals surface area contributed by atoms with Crippen molar-refractivity contribution >= 4 is 11.9 Å². The molecule has 1 amide bonds. The van der Waals surface area contributed by atoms with E-state index in [2.05, 4.69) is 5.32 Å². The maximum atomic E-state index is 13.6. The largest absolute Gasteiger partial charge is 0.475 e. The summed E-state index contributed by atoms with van der Waals surface area (Å²) in [6.07, 6.45) is 0. The van der Waals surface area contributed by atoms with Crippen LogP contribution in [0.3, 0.4) is 0 Å². The van der Waals surface area contributed by atoms with Crippen molar-refractivity contribution in [3.8, 4) is 0 Å². The Morgan fingerprint density at radius 2 is 1.85 bits per heavy atom. The second-order valence-electron chi connectivity index (χ2n) is 4.19. The van der Waals surface area contributed by atoms with Crippen molar-refractivity contribution in [1.29, 1.82) is 0 Å². The molecule has 2 aromatic rings. The fourth-order valence-electron chi connectivity index (χ4n) is 1.75. The molecule has 0 radical (unpaired) electrons. The Labute approximate surface area is 114 Å². The number of carboxylic acids is 1. The number of furan rings is 1. The molecule has 1 aromatic carbocycles. The number of amides is 1. The van der Waals surface area contributed by atoms with Crippen LogP contribution in [0.5, 0.6) is 0 Å². The first-order chi connectivity index (χ1) is 9.49. The number of nitrogens with one attached hydrogen (secondary N) is 1. The molecular weight excluding hydrogens is 265 g/mol. The Hall–Kier alpha value is -2.63. The van der Waals surface area contributed by atoms with E-state index in [1.807, 2.05) is 0 Å². The molecule has 6 heteroatoms. The van der Waals surface area contributed by atoms with Crippen LogP contribution in [-0.4, -0.2) is 17.0 Å². The zero-order valence-corrected chi connectivity index (χ0v) is 10.6. The van der Waals surface area contributed by atoms with E-state index in [0.717, 1.165) is 0 Å². The topological polar surface area (TPSA) is 79.5 Å². The predicted molar refractivity (Wildman–Crippen MR) is 67.9 cm³/mol. The minimum atomic E-state index is -1.26. The Morgan fingerprint density at radius 1 is 1.20 bits per heavy atom.